The van der Waals surface area contributed by atoms with E-state index in [1.807, 2.05) is 4.68 Å². The summed E-state index contributed by atoms with van der Waals surface area (Å²) in [6, 6.07) is 0.454. The fourth-order valence-electron chi connectivity index (χ4n) is 2.08. The summed E-state index contributed by atoms with van der Waals surface area (Å²) in [5.41, 5.74) is -0.696. The Morgan fingerprint density at radius 3 is 2.80 bits per heavy atom. The molecule has 1 aromatic heterocycles. The van der Waals surface area contributed by atoms with Crippen molar-refractivity contribution in [2.75, 3.05) is 13.1 Å². The van der Waals surface area contributed by atoms with E-state index in [-0.39, 0.29) is 0 Å². The summed E-state index contributed by atoms with van der Waals surface area (Å²) < 4.78 is 1.92. The molecule has 1 saturated heterocycles. The van der Waals surface area contributed by atoms with E-state index in [0.717, 1.165) is 38.8 Å². The van der Waals surface area contributed by atoms with Crippen molar-refractivity contribution in [3.05, 3.63) is 12.2 Å². The number of rotatable bonds is 2. The molecule has 1 aliphatic heterocycles. The zero-order valence-electron chi connectivity index (χ0n) is 8.69. The van der Waals surface area contributed by atoms with Gasteiger partial charge in [0.05, 0.1) is 6.04 Å². The summed E-state index contributed by atoms with van der Waals surface area (Å²) in [6.07, 6.45) is 5.58. The lowest BCUT2D eigenvalue weighted by Crippen LogP contribution is -2.29. The lowest BCUT2D eigenvalue weighted by Gasteiger charge is -2.22. The second-order valence-electron chi connectivity index (χ2n) is 4.56. The van der Waals surface area contributed by atoms with Crippen LogP contribution in [0.3, 0.4) is 0 Å². The molecule has 5 nitrogen and oxygen atoms in total. The van der Waals surface area contributed by atoms with Crippen LogP contribution in [0, 0.1) is 0 Å². The molecule has 0 atom stereocenters. The van der Waals surface area contributed by atoms with Gasteiger partial charge in [0.25, 0.3) is 0 Å². The number of aromatic nitrogens is 3. The Kier molecular flexibility index (Phi) is 2.03. The highest BCUT2D eigenvalue weighted by Gasteiger charge is 2.46. The maximum Gasteiger partial charge on any atom is 0.182 e. The van der Waals surface area contributed by atoms with Crippen molar-refractivity contribution in [2.24, 2.45) is 0 Å². The van der Waals surface area contributed by atoms with Crippen molar-refractivity contribution in [1.29, 1.82) is 0 Å². The van der Waals surface area contributed by atoms with Gasteiger partial charge in [0, 0.05) is 0 Å². The molecular formula is C10H16N4O. The van der Waals surface area contributed by atoms with E-state index in [9.17, 15) is 5.11 Å². The summed E-state index contributed by atoms with van der Waals surface area (Å²) in [5, 5.41) is 17.6. The van der Waals surface area contributed by atoms with Crippen molar-refractivity contribution >= 4 is 0 Å². The Bertz CT molecular complexity index is 352. The number of aliphatic hydroxyl groups is 1. The van der Waals surface area contributed by atoms with Crippen LogP contribution in [-0.2, 0) is 5.60 Å². The third kappa shape index (κ3) is 1.66. The smallest absolute Gasteiger partial charge is 0.182 e. The van der Waals surface area contributed by atoms with E-state index >= 15 is 0 Å². The summed E-state index contributed by atoms with van der Waals surface area (Å²) >= 11 is 0. The normalized spacial score (nSPS) is 25.4. The molecule has 82 valence electrons. The van der Waals surface area contributed by atoms with Gasteiger partial charge in [0.1, 0.15) is 11.9 Å². The highest BCUT2D eigenvalue weighted by atomic mass is 16.3. The van der Waals surface area contributed by atoms with Crippen LogP contribution in [0.5, 0.6) is 0 Å². The van der Waals surface area contributed by atoms with Crippen LogP contribution >= 0.6 is 0 Å². The van der Waals surface area contributed by atoms with Crippen LogP contribution in [0.4, 0.5) is 0 Å². The Hall–Kier alpha value is -0.940. The number of nitrogens with one attached hydrogen (secondary N) is 1. The van der Waals surface area contributed by atoms with Crippen LogP contribution < -0.4 is 5.32 Å². The molecular weight excluding hydrogens is 192 g/mol. The van der Waals surface area contributed by atoms with Crippen LogP contribution in [0.15, 0.2) is 6.33 Å². The molecule has 0 unspecified atom stereocenters. The molecule has 2 fully saturated rings. The number of piperidine rings is 1. The van der Waals surface area contributed by atoms with Gasteiger partial charge in [-0.15, -0.1) is 0 Å². The quantitative estimate of drug-likeness (QED) is 0.728. The monoisotopic (exact) mass is 208 g/mol. The third-order valence-electron chi connectivity index (χ3n) is 3.33. The highest BCUT2D eigenvalue weighted by molar-refractivity contribution is 5.09. The second kappa shape index (κ2) is 3.28. The lowest BCUT2D eigenvalue weighted by atomic mass is 10.1. The van der Waals surface area contributed by atoms with Crippen molar-refractivity contribution in [1.82, 2.24) is 20.1 Å². The standard InChI is InChI=1S/C10H16N4O/c15-10(3-4-10)9-12-7-14(13-9)8-1-5-11-6-2-8/h7-8,11,15H,1-6H2. The first-order valence-electron chi connectivity index (χ1n) is 5.63. The van der Waals surface area contributed by atoms with E-state index in [1.165, 1.54) is 0 Å². The third-order valence-corrected chi connectivity index (χ3v) is 3.33. The van der Waals surface area contributed by atoms with Crippen molar-refractivity contribution < 1.29 is 5.11 Å². The Balaban J connectivity index is 1.77. The van der Waals surface area contributed by atoms with Gasteiger partial charge < -0.3 is 10.4 Å². The van der Waals surface area contributed by atoms with Crippen LogP contribution in [-0.4, -0.2) is 33.0 Å². The molecule has 0 spiro atoms. The van der Waals surface area contributed by atoms with Gasteiger partial charge in [-0.25, -0.2) is 9.67 Å². The first kappa shape index (κ1) is 9.30. The molecule has 0 aromatic carbocycles. The van der Waals surface area contributed by atoms with E-state index in [4.69, 9.17) is 0 Å². The van der Waals surface area contributed by atoms with E-state index in [2.05, 4.69) is 15.4 Å². The maximum absolute atomic E-state index is 9.86. The zero-order chi connectivity index (χ0) is 10.3. The number of nitrogens with zero attached hydrogens (tertiary/aromatic N) is 3. The summed E-state index contributed by atoms with van der Waals surface area (Å²) in [5.74, 6) is 0.612. The van der Waals surface area contributed by atoms with Gasteiger partial charge in [-0.1, -0.05) is 0 Å². The van der Waals surface area contributed by atoms with Crippen molar-refractivity contribution in [2.45, 2.75) is 37.3 Å². The molecule has 2 N–H and O–H groups in total. The number of hydrogen-bond donors (Lipinski definition) is 2. The Morgan fingerprint density at radius 2 is 2.13 bits per heavy atom. The fourth-order valence-corrected chi connectivity index (χ4v) is 2.08. The van der Waals surface area contributed by atoms with Crippen LogP contribution in [0.25, 0.3) is 0 Å². The summed E-state index contributed by atoms with van der Waals surface area (Å²) in [7, 11) is 0. The Morgan fingerprint density at radius 1 is 1.40 bits per heavy atom. The van der Waals surface area contributed by atoms with Crippen LogP contribution in [0.2, 0.25) is 0 Å². The van der Waals surface area contributed by atoms with Crippen molar-refractivity contribution in [3.8, 4) is 0 Å². The molecule has 0 bridgehead atoms. The predicted molar refractivity (Wildman–Crippen MR) is 54.3 cm³/mol. The minimum absolute atomic E-state index is 0.454. The predicted octanol–water partition coefficient (Wildman–Crippen LogP) is 0.184. The van der Waals surface area contributed by atoms with Gasteiger partial charge >= 0.3 is 0 Å². The minimum Gasteiger partial charge on any atom is -0.382 e. The van der Waals surface area contributed by atoms with E-state index in [0.29, 0.717) is 11.9 Å². The minimum atomic E-state index is -0.696. The molecule has 3 rings (SSSR count). The van der Waals surface area contributed by atoms with Gasteiger partial charge in [-0.05, 0) is 38.8 Å². The number of hydrogen-bond acceptors (Lipinski definition) is 4. The van der Waals surface area contributed by atoms with Gasteiger partial charge in [-0.3, -0.25) is 0 Å². The highest BCUT2D eigenvalue weighted by Crippen LogP contribution is 2.43. The lowest BCUT2D eigenvalue weighted by molar-refractivity contribution is 0.140. The molecule has 15 heavy (non-hydrogen) atoms. The molecule has 2 aliphatic rings. The molecule has 5 heteroatoms. The average molecular weight is 208 g/mol. The summed E-state index contributed by atoms with van der Waals surface area (Å²) in [6.45, 7) is 2.09. The van der Waals surface area contributed by atoms with E-state index < -0.39 is 5.60 Å². The molecule has 1 aromatic rings. The largest absolute Gasteiger partial charge is 0.382 e. The fraction of sp³-hybridized carbons (Fsp3) is 0.800. The first-order valence-corrected chi connectivity index (χ1v) is 5.63. The topological polar surface area (TPSA) is 63.0 Å². The molecule has 0 radical (unpaired) electrons. The van der Waals surface area contributed by atoms with E-state index in [1.54, 1.807) is 6.33 Å². The maximum atomic E-state index is 9.86. The molecule has 0 amide bonds. The second-order valence-corrected chi connectivity index (χ2v) is 4.56. The molecule has 1 saturated carbocycles. The van der Waals surface area contributed by atoms with Crippen LogP contribution in [0.1, 0.15) is 37.5 Å². The molecule has 2 heterocycles. The SMILES string of the molecule is OC1(c2ncn(C3CCNCC3)n2)CC1. The van der Waals surface area contributed by atoms with Gasteiger partial charge in [0.15, 0.2) is 5.82 Å². The molecule has 1 aliphatic carbocycles. The first-order chi connectivity index (χ1) is 7.28. The average Bonchev–Trinajstić information content (AvgIpc) is 2.85. The Labute approximate surface area is 88.5 Å². The van der Waals surface area contributed by atoms with Gasteiger partial charge in [-0.2, -0.15) is 5.10 Å². The summed E-state index contributed by atoms with van der Waals surface area (Å²) in [4.78, 5) is 4.21. The van der Waals surface area contributed by atoms with Crippen molar-refractivity contribution in [3.63, 3.8) is 0 Å². The zero-order valence-corrected chi connectivity index (χ0v) is 8.69. The van der Waals surface area contributed by atoms with Gasteiger partial charge in [0.2, 0.25) is 0 Å².